The number of benzene rings is 2. The van der Waals surface area contributed by atoms with Crippen molar-refractivity contribution in [1.29, 1.82) is 0 Å². The van der Waals surface area contributed by atoms with E-state index in [4.69, 9.17) is 4.74 Å². The number of hydrogen-bond donors (Lipinski definition) is 2. The first-order valence-electron chi connectivity index (χ1n) is 6.06. The summed E-state index contributed by atoms with van der Waals surface area (Å²) in [5.41, 5.74) is 2.21. The largest absolute Gasteiger partial charge is 0.508 e. The van der Waals surface area contributed by atoms with Crippen molar-refractivity contribution in [2.45, 2.75) is 12.6 Å². The van der Waals surface area contributed by atoms with Gasteiger partial charge in [-0.2, -0.15) is 0 Å². The Morgan fingerprint density at radius 3 is 2.78 bits per heavy atom. The van der Waals surface area contributed by atoms with E-state index >= 15 is 0 Å². The normalized spacial score (nSPS) is 18.6. The Hall–Kier alpha value is -2.00. The first-order valence-corrected chi connectivity index (χ1v) is 6.06. The summed E-state index contributed by atoms with van der Waals surface area (Å²) in [6.07, 6.45) is 0. The molecule has 1 aliphatic rings. The highest BCUT2D eigenvalue weighted by molar-refractivity contribution is 5.40. The molecule has 0 aromatic heterocycles. The fraction of sp³-hybridized carbons (Fsp3) is 0.200. The highest BCUT2D eigenvalue weighted by Gasteiger charge is 2.17. The van der Waals surface area contributed by atoms with E-state index in [0.29, 0.717) is 13.2 Å². The highest BCUT2D eigenvalue weighted by Crippen LogP contribution is 2.28. The van der Waals surface area contributed by atoms with Crippen LogP contribution in [0, 0.1) is 0 Å². The van der Waals surface area contributed by atoms with Gasteiger partial charge in [0.05, 0.1) is 6.04 Å². The minimum absolute atomic E-state index is 0.181. The SMILES string of the molecule is Oc1ccc2c(c1)CNC(c1ccccc1)CO2. The van der Waals surface area contributed by atoms with Crippen molar-refractivity contribution >= 4 is 0 Å². The summed E-state index contributed by atoms with van der Waals surface area (Å²) in [4.78, 5) is 0. The van der Waals surface area contributed by atoms with Crippen LogP contribution in [0.1, 0.15) is 17.2 Å². The van der Waals surface area contributed by atoms with Gasteiger partial charge in [0.25, 0.3) is 0 Å². The van der Waals surface area contributed by atoms with Gasteiger partial charge in [-0.25, -0.2) is 0 Å². The van der Waals surface area contributed by atoms with Crippen LogP contribution in [0.4, 0.5) is 0 Å². The van der Waals surface area contributed by atoms with E-state index in [1.165, 1.54) is 5.56 Å². The van der Waals surface area contributed by atoms with Gasteiger partial charge in [0.2, 0.25) is 0 Å². The van der Waals surface area contributed by atoms with Crippen LogP contribution in [-0.2, 0) is 6.54 Å². The van der Waals surface area contributed by atoms with E-state index in [9.17, 15) is 5.11 Å². The van der Waals surface area contributed by atoms with Gasteiger partial charge in [0, 0.05) is 12.1 Å². The molecule has 0 aliphatic carbocycles. The van der Waals surface area contributed by atoms with Crippen LogP contribution in [0.2, 0.25) is 0 Å². The molecule has 1 aliphatic heterocycles. The lowest BCUT2D eigenvalue weighted by molar-refractivity contribution is 0.280. The van der Waals surface area contributed by atoms with Gasteiger partial charge in [-0.3, -0.25) is 0 Å². The fourth-order valence-electron chi connectivity index (χ4n) is 2.21. The molecule has 3 nitrogen and oxygen atoms in total. The Morgan fingerprint density at radius 1 is 1.11 bits per heavy atom. The average molecular weight is 241 g/mol. The van der Waals surface area contributed by atoms with Gasteiger partial charge in [-0.15, -0.1) is 0 Å². The van der Waals surface area contributed by atoms with E-state index in [1.54, 1.807) is 12.1 Å². The zero-order valence-corrected chi connectivity index (χ0v) is 9.97. The van der Waals surface area contributed by atoms with Crippen molar-refractivity contribution < 1.29 is 9.84 Å². The van der Waals surface area contributed by atoms with Crippen LogP contribution in [0.15, 0.2) is 48.5 Å². The lowest BCUT2D eigenvalue weighted by Crippen LogP contribution is -2.23. The topological polar surface area (TPSA) is 41.5 Å². The molecule has 2 aromatic rings. The molecule has 2 aromatic carbocycles. The lowest BCUT2D eigenvalue weighted by Gasteiger charge is -2.15. The average Bonchev–Trinajstić information content (AvgIpc) is 2.62. The van der Waals surface area contributed by atoms with Gasteiger partial charge in [0.15, 0.2) is 0 Å². The van der Waals surface area contributed by atoms with Crippen molar-refractivity contribution in [3.8, 4) is 11.5 Å². The monoisotopic (exact) mass is 241 g/mol. The van der Waals surface area contributed by atoms with Crippen LogP contribution in [0.5, 0.6) is 11.5 Å². The molecule has 1 heterocycles. The predicted octanol–water partition coefficient (Wildman–Crippen LogP) is 2.62. The minimum Gasteiger partial charge on any atom is -0.508 e. The first-order chi connectivity index (χ1) is 8.83. The van der Waals surface area contributed by atoms with Crippen LogP contribution < -0.4 is 10.1 Å². The van der Waals surface area contributed by atoms with Gasteiger partial charge < -0.3 is 15.2 Å². The molecular weight excluding hydrogens is 226 g/mol. The number of ether oxygens (including phenoxy) is 1. The standard InChI is InChI=1S/C15H15NO2/c17-13-6-7-15-12(8-13)9-16-14(10-18-15)11-4-2-1-3-5-11/h1-8,14,16-17H,9-10H2. The third-order valence-electron chi connectivity index (χ3n) is 3.19. The Kier molecular flexibility index (Phi) is 2.90. The van der Waals surface area contributed by atoms with Crippen molar-refractivity contribution in [1.82, 2.24) is 5.32 Å². The van der Waals surface area contributed by atoms with Crippen molar-refractivity contribution in [2.75, 3.05) is 6.61 Å². The molecule has 0 amide bonds. The summed E-state index contributed by atoms with van der Waals surface area (Å²) in [5.74, 6) is 1.12. The fourth-order valence-corrected chi connectivity index (χ4v) is 2.21. The number of phenolic OH excluding ortho intramolecular Hbond substituents is 1. The zero-order valence-electron chi connectivity index (χ0n) is 9.97. The summed E-state index contributed by atoms with van der Waals surface area (Å²) < 4.78 is 5.80. The third-order valence-corrected chi connectivity index (χ3v) is 3.19. The van der Waals surface area contributed by atoms with E-state index in [1.807, 2.05) is 24.3 Å². The minimum atomic E-state index is 0.181. The molecule has 0 fully saturated rings. The molecular formula is C15H15NO2. The van der Waals surface area contributed by atoms with Gasteiger partial charge >= 0.3 is 0 Å². The summed E-state index contributed by atoms with van der Waals surface area (Å²) >= 11 is 0. The maximum atomic E-state index is 9.48. The van der Waals surface area contributed by atoms with E-state index < -0.39 is 0 Å². The maximum Gasteiger partial charge on any atom is 0.124 e. The molecule has 2 N–H and O–H groups in total. The van der Waals surface area contributed by atoms with Crippen molar-refractivity contribution in [3.63, 3.8) is 0 Å². The van der Waals surface area contributed by atoms with Crippen LogP contribution in [-0.4, -0.2) is 11.7 Å². The number of hydrogen-bond acceptors (Lipinski definition) is 3. The van der Waals surface area contributed by atoms with Crippen molar-refractivity contribution in [2.24, 2.45) is 0 Å². The Balaban J connectivity index is 1.83. The quantitative estimate of drug-likeness (QED) is 0.806. The molecule has 3 heteroatoms. The molecule has 18 heavy (non-hydrogen) atoms. The lowest BCUT2D eigenvalue weighted by atomic mass is 10.1. The molecule has 1 unspecified atom stereocenters. The van der Waals surface area contributed by atoms with Gasteiger partial charge in [-0.05, 0) is 23.8 Å². The Morgan fingerprint density at radius 2 is 1.94 bits per heavy atom. The first kappa shape index (κ1) is 11.1. The highest BCUT2D eigenvalue weighted by atomic mass is 16.5. The van der Waals surface area contributed by atoms with Gasteiger partial charge in [-0.1, -0.05) is 30.3 Å². The smallest absolute Gasteiger partial charge is 0.124 e. The molecule has 0 spiro atoms. The Bertz CT molecular complexity index is 539. The maximum absolute atomic E-state index is 9.48. The van der Waals surface area contributed by atoms with E-state index in [-0.39, 0.29) is 11.8 Å². The molecule has 1 atom stereocenters. The number of phenols is 1. The summed E-state index contributed by atoms with van der Waals surface area (Å²) in [7, 11) is 0. The van der Waals surface area contributed by atoms with E-state index in [2.05, 4.69) is 17.4 Å². The third kappa shape index (κ3) is 2.17. The zero-order chi connectivity index (χ0) is 12.4. The molecule has 3 rings (SSSR count). The Labute approximate surface area is 106 Å². The molecule has 0 saturated carbocycles. The number of aromatic hydroxyl groups is 1. The second-order valence-corrected chi connectivity index (χ2v) is 4.45. The van der Waals surface area contributed by atoms with Gasteiger partial charge in [0.1, 0.15) is 18.1 Å². The second kappa shape index (κ2) is 4.70. The summed E-state index contributed by atoms with van der Waals surface area (Å²) in [6, 6.07) is 15.6. The number of nitrogens with one attached hydrogen (secondary N) is 1. The number of rotatable bonds is 1. The predicted molar refractivity (Wildman–Crippen MR) is 69.6 cm³/mol. The number of fused-ring (bicyclic) bond motifs is 1. The van der Waals surface area contributed by atoms with Crippen LogP contribution in [0.3, 0.4) is 0 Å². The van der Waals surface area contributed by atoms with Crippen LogP contribution >= 0.6 is 0 Å². The molecule has 92 valence electrons. The van der Waals surface area contributed by atoms with Crippen LogP contribution in [0.25, 0.3) is 0 Å². The summed E-state index contributed by atoms with van der Waals surface area (Å²) in [6.45, 7) is 1.30. The van der Waals surface area contributed by atoms with E-state index in [0.717, 1.165) is 11.3 Å². The summed E-state index contributed by atoms with van der Waals surface area (Å²) in [5, 5.41) is 12.9. The second-order valence-electron chi connectivity index (χ2n) is 4.45. The molecule has 0 radical (unpaired) electrons. The molecule has 0 bridgehead atoms. The van der Waals surface area contributed by atoms with Crippen molar-refractivity contribution in [3.05, 3.63) is 59.7 Å². The molecule has 0 saturated heterocycles.